The molecule has 2 aromatic carbocycles. The Labute approximate surface area is 168 Å². The number of hydrogen-bond acceptors (Lipinski definition) is 5. The maximum atomic E-state index is 12.7. The molecule has 146 valence electrons. The van der Waals surface area contributed by atoms with E-state index in [2.05, 4.69) is 0 Å². The van der Waals surface area contributed by atoms with Gasteiger partial charge in [-0.15, -0.1) is 0 Å². The maximum absolute atomic E-state index is 12.7. The van der Waals surface area contributed by atoms with E-state index < -0.39 is 10.0 Å². The number of sulfonamides is 1. The van der Waals surface area contributed by atoms with Gasteiger partial charge in [-0.3, -0.25) is 4.79 Å². The lowest BCUT2D eigenvalue weighted by Gasteiger charge is -2.34. The van der Waals surface area contributed by atoms with Crippen LogP contribution in [0.5, 0.6) is 5.75 Å². The van der Waals surface area contributed by atoms with E-state index in [-0.39, 0.29) is 43.6 Å². The minimum absolute atomic E-state index is 0.135. The second-order valence-corrected chi connectivity index (χ2v) is 8.54. The summed E-state index contributed by atoms with van der Waals surface area (Å²) >= 11 is 5.88. The summed E-state index contributed by atoms with van der Waals surface area (Å²) in [7, 11) is -3.66. The van der Waals surface area contributed by atoms with E-state index in [0.717, 1.165) is 0 Å². The molecule has 1 fully saturated rings. The second kappa shape index (κ2) is 8.61. The Hall–Kier alpha value is -2.60. The standard InChI is InChI=1S/C19H18ClN3O4S/c20-16-2-1-3-17(12-16)27-14-19(24)22-8-10-23(11-9-22)28(25,26)18-6-4-15(13-21)5-7-18/h1-7,12H,8-11,14H2. The molecule has 0 aromatic heterocycles. The first-order valence-electron chi connectivity index (χ1n) is 8.56. The molecular formula is C19H18ClN3O4S. The van der Waals surface area contributed by atoms with Crippen LogP contribution < -0.4 is 4.74 Å². The van der Waals surface area contributed by atoms with Crippen molar-refractivity contribution < 1.29 is 17.9 Å². The highest BCUT2D eigenvalue weighted by Crippen LogP contribution is 2.19. The first kappa shape index (κ1) is 20.1. The van der Waals surface area contributed by atoms with E-state index in [0.29, 0.717) is 16.3 Å². The minimum Gasteiger partial charge on any atom is -0.484 e. The molecule has 2 aromatic rings. The van der Waals surface area contributed by atoms with E-state index in [9.17, 15) is 13.2 Å². The summed E-state index contributed by atoms with van der Waals surface area (Å²) in [4.78, 5) is 14.0. The molecule has 1 aliphatic rings. The molecule has 0 saturated carbocycles. The molecule has 3 rings (SSSR count). The zero-order valence-electron chi connectivity index (χ0n) is 14.9. The van der Waals surface area contributed by atoms with E-state index in [4.69, 9.17) is 21.6 Å². The Balaban J connectivity index is 1.55. The summed E-state index contributed by atoms with van der Waals surface area (Å²) in [6.45, 7) is 0.833. The third kappa shape index (κ3) is 4.62. The Kier molecular flexibility index (Phi) is 6.19. The number of carbonyl (C=O) groups excluding carboxylic acids is 1. The van der Waals surface area contributed by atoms with Crippen molar-refractivity contribution in [2.45, 2.75) is 4.90 Å². The van der Waals surface area contributed by atoms with Crippen molar-refractivity contribution in [3.05, 3.63) is 59.1 Å². The van der Waals surface area contributed by atoms with Crippen molar-refractivity contribution >= 4 is 27.5 Å². The maximum Gasteiger partial charge on any atom is 0.260 e. The number of amides is 1. The summed E-state index contributed by atoms with van der Waals surface area (Å²) in [5.74, 6) is 0.290. The Morgan fingerprint density at radius 3 is 2.39 bits per heavy atom. The summed E-state index contributed by atoms with van der Waals surface area (Å²) < 4.78 is 32.2. The number of rotatable bonds is 5. The van der Waals surface area contributed by atoms with Crippen molar-refractivity contribution in [1.82, 2.24) is 9.21 Å². The first-order valence-corrected chi connectivity index (χ1v) is 10.4. The van der Waals surface area contributed by atoms with E-state index in [1.807, 2.05) is 6.07 Å². The van der Waals surface area contributed by atoms with Crippen LogP contribution in [0.2, 0.25) is 5.02 Å². The van der Waals surface area contributed by atoms with Gasteiger partial charge >= 0.3 is 0 Å². The van der Waals surface area contributed by atoms with Gasteiger partial charge in [-0.2, -0.15) is 9.57 Å². The topological polar surface area (TPSA) is 90.7 Å². The van der Waals surface area contributed by atoms with E-state index >= 15 is 0 Å². The molecular weight excluding hydrogens is 402 g/mol. The van der Waals surface area contributed by atoms with Crippen molar-refractivity contribution in [2.24, 2.45) is 0 Å². The molecule has 0 radical (unpaired) electrons. The highest BCUT2D eigenvalue weighted by atomic mass is 35.5. The lowest BCUT2D eigenvalue weighted by atomic mass is 10.2. The lowest BCUT2D eigenvalue weighted by Crippen LogP contribution is -2.51. The average molecular weight is 420 g/mol. The van der Waals surface area contributed by atoms with Gasteiger partial charge in [0.05, 0.1) is 16.5 Å². The third-order valence-corrected chi connectivity index (χ3v) is 6.52. The lowest BCUT2D eigenvalue weighted by molar-refractivity contribution is -0.134. The third-order valence-electron chi connectivity index (χ3n) is 4.37. The Morgan fingerprint density at radius 2 is 1.79 bits per heavy atom. The molecule has 0 bridgehead atoms. The SMILES string of the molecule is N#Cc1ccc(S(=O)(=O)N2CCN(C(=O)COc3cccc(Cl)c3)CC2)cc1. The van der Waals surface area contributed by atoms with Gasteiger partial charge < -0.3 is 9.64 Å². The summed E-state index contributed by atoms with van der Waals surface area (Å²) in [5.41, 5.74) is 0.397. The highest BCUT2D eigenvalue weighted by molar-refractivity contribution is 7.89. The summed E-state index contributed by atoms with van der Waals surface area (Å²) in [5, 5.41) is 9.35. The average Bonchev–Trinajstić information content (AvgIpc) is 2.72. The van der Waals surface area contributed by atoms with Gasteiger partial charge in [-0.1, -0.05) is 17.7 Å². The summed E-state index contributed by atoms with van der Waals surface area (Å²) in [6.07, 6.45) is 0. The molecule has 0 spiro atoms. The van der Waals surface area contributed by atoms with Crippen LogP contribution in [-0.4, -0.2) is 56.3 Å². The number of nitrogens with zero attached hydrogens (tertiary/aromatic N) is 3. The molecule has 1 heterocycles. The van der Waals surface area contributed by atoms with E-state index in [1.165, 1.54) is 28.6 Å². The molecule has 7 nitrogen and oxygen atoms in total. The number of nitriles is 1. The van der Waals surface area contributed by atoms with Gasteiger partial charge in [-0.05, 0) is 42.5 Å². The van der Waals surface area contributed by atoms with Crippen LogP contribution >= 0.6 is 11.6 Å². The normalized spacial score (nSPS) is 15.1. The molecule has 1 aliphatic heterocycles. The number of benzene rings is 2. The van der Waals surface area contributed by atoms with Crippen molar-refractivity contribution in [3.8, 4) is 11.8 Å². The van der Waals surface area contributed by atoms with Gasteiger partial charge in [0.1, 0.15) is 5.75 Å². The molecule has 9 heteroatoms. The molecule has 0 aliphatic carbocycles. The number of ether oxygens (including phenoxy) is 1. The molecule has 0 N–H and O–H groups in total. The number of carbonyl (C=O) groups is 1. The van der Waals surface area contributed by atoms with Crippen molar-refractivity contribution in [2.75, 3.05) is 32.8 Å². The van der Waals surface area contributed by atoms with Gasteiger partial charge in [0, 0.05) is 31.2 Å². The van der Waals surface area contributed by atoms with Gasteiger partial charge in [-0.25, -0.2) is 8.42 Å². The zero-order chi connectivity index (χ0) is 20.1. The molecule has 1 amide bonds. The van der Waals surface area contributed by atoms with Crippen LogP contribution in [-0.2, 0) is 14.8 Å². The van der Waals surface area contributed by atoms with E-state index in [1.54, 1.807) is 29.2 Å². The quantitative estimate of drug-likeness (QED) is 0.740. The minimum atomic E-state index is -3.66. The van der Waals surface area contributed by atoms with Gasteiger partial charge in [0.15, 0.2) is 6.61 Å². The van der Waals surface area contributed by atoms with Crippen LogP contribution in [0.3, 0.4) is 0 Å². The van der Waals surface area contributed by atoms with Crippen LogP contribution in [0.1, 0.15) is 5.56 Å². The van der Waals surface area contributed by atoms with Gasteiger partial charge in [0.2, 0.25) is 10.0 Å². The van der Waals surface area contributed by atoms with Crippen LogP contribution in [0.15, 0.2) is 53.4 Å². The fourth-order valence-electron chi connectivity index (χ4n) is 2.82. The molecule has 1 saturated heterocycles. The number of hydrogen-bond donors (Lipinski definition) is 0. The fraction of sp³-hybridized carbons (Fsp3) is 0.263. The smallest absolute Gasteiger partial charge is 0.260 e. The van der Waals surface area contributed by atoms with Crippen LogP contribution in [0, 0.1) is 11.3 Å². The molecule has 0 unspecified atom stereocenters. The highest BCUT2D eigenvalue weighted by Gasteiger charge is 2.30. The molecule has 28 heavy (non-hydrogen) atoms. The number of piperazine rings is 1. The van der Waals surface area contributed by atoms with Crippen LogP contribution in [0.4, 0.5) is 0 Å². The fourth-order valence-corrected chi connectivity index (χ4v) is 4.42. The summed E-state index contributed by atoms with van der Waals surface area (Å²) in [6, 6.07) is 14.5. The van der Waals surface area contributed by atoms with Crippen molar-refractivity contribution in [1.29, 1.82) is 5.26 Å². The predicted molar refractivity (Wildman–Crippen MR) is 103 cm³/mol. The van der Waals surface area contributed by atoms with Crippen LogP contribution in [0.25, 0.3) is 0 Å². The van der Waals surface area contributed by atoms with Crippen molar-refractivity contribution in [3.63, 3.8) is 0 Å². The largest absolute Gasteiger partial charge is 0.484 e. The van der Waals surface area contributed by atoms with Gasteiger partial charge in [0.25, 0.3) is 5.91 Å². The first-order chi connectivity index (χ1) is 13.4. The molecule has 0 atom stereocenters. The predicted octanol–water partition coefficient (Wildman–Crippen LogP) is 2.12. The Morgan fingerprint density at radius 1 is 1.11 bits per heavy atom. The monoisotopic (exact) mass is 419 g/mol. The zero-order valence-corrected chi connectivity index (χ0v) is 16.5. The Bertz CT molecular complexity index is 995. The second-order valence-electron chi connectivity index (χ2n) is 6.17. The number of halogens is 1.